The average molecular weight is 438 g/mol. The normalized spacial score (nSPS) is 21.3. The molecule has 0 spiro atoms. The molecule has 0 aromatic rings. The van der Waals surface area contributed by atoms with Crippen LogP contribution >= 0.6 is 0 Å². The minimum absolute atomic E-state index is 0.151. The van der Waals surface area contributed by atoms with Crippen molar-refractivity contribution in [1.82, 2.24) is 5.06 Å². The molecule has 0 aromatic heterocycles. The van der Waals surface area contributed by atoms with Crippen LogP contribution in [-0.4, -0.2) is 33.4 Å². The largest absolute Gasteiger partial charge is 0.313 e. The second-order valence-electron chi connectivity index (χ2n) is 11.4. The van der Waals surface area contributed by atoms with Gasteiger partial charge in [0.15, 0.2) is 0 Å². The Morgan fingerprint density at radius 1 is 0.774 bits per heavy atom. The maximum atomic E-state index is 11.3. The highest BCUT2D eigenvalue weighted by atomic mass is 16.5. The molecule has 1 saturated heterocycles. The molecule has 182 valence electrons. The molecule has 0 radical (unpaired) electrons. The summed E-state index contributed by atoms with van der Waals surface area (Å²) in [6, 6.07) is 0. The number of hydrogen-bond acceptors (Lipinski definition) is 4. The Kier molecular flexibility index (Phi) is 12.5. The highest BCUT2D eigenvalue weighted by Gasteiger charge is 2.44. The first-order chi connectivity index (χ1) is 14.6. The number of hydrogen-bond donors (Lipinski definition) is 1. The minimum Gasteiger partial charge on any atom is -0.313 e. The monoisotopic (exact) mass is 437 g/mol. The first-order valence-electron chi connectivity index (χ1n) is 13.1. The molecule has 0 amide bonds. The maximum Gasteiger partial charge on any atom is 0.136 e. The third-order valence-electron chi connectivity index (χ3n) is 7.08. The summed E-state index contributed by atoms with van der Waals surface area (Å²) < 4.78 is 0. The van der Waals surface area contributed by atoms with E-state index >= 15 is 0 Å². The van der Waals surface area contributed by atoms with Crippen molar-refractivity contribution in [2.45, 2.75) is 155 Å². The number of Topliss-reactive ketones (excluding diaryl/α,β-unsaturated/α-hetero) is 1. The van der Waals surface area contributed by atoms with Crippen LogP contribution in [0.2, 0.25) is 0 Å². The first kappa shape index (κ1) is 28.3. The fraction of sp³-hybridized carbons (Fsp3) is 0.926. The van der Waals surface area contributed by atoms with Gasteiger partial charge in [-0.1, -0.05) is 84.0 Å². The van der Waals surface area contributed by atoms with E-state index in [1.807, 2.05) is 27.7 Å². The Labute approximate surface area is 192 Å². The molecule has 1 heterocycles. The van der Waals surface area contributed by atoms with Crippen molar-refractivity contribution >= 4 is 12.1 Å². The molecule has 2 fully saturated rings. The smallest absolute Gasteiger partial charge is 0.136 e. The zero-order chi connectivity index (χ0) is 23.4. The van der Waals surface area contributed by atoms with Gasteiger partial charge in [0, 0.05) is 29.3 Å². The predicted octanol–water partition coefficient (Wildman–Crippen LogP) is 7.65. The number of carbonyl (C=O) groups excluding carboxylic acids is 2. The summed E-state index contributed by atoms with van der Waals surface area (Å²) in [5, 5.41) is 11.1. The van der Waals surface area contributed by atoms with Gasteiger partial charge in [-0.15, -0.1) is 0 Å². The van der Waals surface area contributed by atoms with Crippen molar-refractivity contribution in [1.29, 1.82) is 0 Å². The summed E-state index contributed by atoms with van der Waals surface area (Å²) in [6.45, 7) is 9.80. The zero-order valence-electron chi connectivity index (χ0n) is 21.3. The standard InChI is InChI=1S/C18H34O.C9H17NO2/c1-2-3-4-5-6-7-8-9-10-11-12-13-14-18(17-19)15-16-18;1-8(2)5-7(11)6-9(3,4)10(8)12/h17H,2-16H2,1H3;12H,5-6H2,1-4H3. The molecule has 1 saturated carbocycles. The summed E-state index contributed by atoms with van der Waals surface area (Å²) in [6.07, 6.45) is 22.4. The summed E-state index contributed by atoms with van der Waals surface area (Å²) in [7, 11) is 0. The Morgan fingerprint density at radius 2 is 1.16 bits per heavy atom. The molecule has 0 bridgehead atoms. The van der Waals surface area contributed by atoms with Gasteiger partial charge < -0.3 is 10.0 Å². The highest BCUT2D eigenvalue weighted by molar-refractivity contribution is 5.81. The van der Waals surface area contributed by atoms with Gasteiger partial charge in [-0.3, -0.25) is 4.79 Å². The fourth-order valence-electron chi connectivity index (χ4n) is 4.90. The molecule has 4 heteroatoms. The van der Waals surface area contributed by atoms with Gasteiger partial charge in [0.25, 0.3) is 0 Å². The first-order valence-corrected chi connectivity index (χ1v) is 13.1. The van der Waals surface area contributed by atoms with Gasteiger partial charge >= 0.3 is 0 Å². The third-order valence-corrected chi connectivity index (χ3v) is 7.08. The van der Waals surface area contributed by atoms with Crippen LogP contribution in [0.15, 0.2) is 0 Å². The van der Waals surface area contributed by atoms with Gasteiger partial charge in [0.1, 0.15) is 12.1 Å². The lowest BCUT2D eigenvalue weighted by molar-refractivity contribution is -0.236. The fourth-order valence-corrected chi connectivity index (χ4v) is 4.90. The number of unbranched alkanes of at least 4 members (excludes halogenated alkanes) is 11. The highest BCUT2D eigenvalue weighted by Crippen LogP contribution is 2.47. The molecule has 1 aliphatic heterocycles. The van der Waals surface area contributed by atoms with Crippen LogP contribution in [0.4, 0.5) is 0 Å². The van der Waals surface area contributed by atoms with E-state index in [1.165, 1.54) is 88.4 Å². The van der Waals surface area contributed by atoms with Crippen LogP contribution in [0.3, 0.4) is 0 Å². The molecular weight excluding hydrogens is 386 g/mol. The molecule has 1 aliphatic carbocycles. The molecular formula is C27H51NO3. The number of rotatable bonds is 14. The lowest BCUT2D eigenvalue weighted by atomic mass is 9.81. The van der Waals surface area contributed by atoms with E-state index in [-0.39, 0.29) is 11.2 Å². The van der Waals surface area contributed by atoms with Gasteiger partial charge in [0.05, 0.1) is 0 Å². The van der Waals surface area contributed by atoms with E-state index in [2.05, 4.69) is 6.92 Å². The molecule has 2 aliphatic rings. The number of ketones is 1. The van der Waals surface area contributed by atoms with Crippen LogP contribution in [0.25, 0.3) is 0 Å². The number of carbonyl (C=O) groups is 2. The summed E-state index contributed by atoms with van der Waals surface area (Å²) >= 11 is 0. The Bertz CT molecular complexity index is 503. The van der Waals surface area contributed by atoms with E-state index in [0.29, 0.717) is 12.8 Å². The topological polar surface area (TPSA) is 57.6 Å². The lowest BCUT2D eigenvalue weighted by Crippen LogP contribution is -2.59. The number of nitrogens with zero attached hydrogens (tertiary/aromatic N) is 1. The Hall–Kier alpha value is -0.740. The van der Waals surface area contributed by atoms with Crippen molar-refractivity contribution in [2.75, 3.05) is 0 Å². The zero-order valence-corrected chi connectivity index (χ0v) is 21.3. The molecule has 31 heavy (non-hydrogen) atoms. The molecule has 1 N–H and O–H groups in total. The molecule has 0 unspecified atom stereocenters. The average Bonchev–Trinajstić information content (AvgIpc) is 3.47. The Balaban J connectivity index is 0.000000343. The van der Waals surface area contributed by atoms with Crippen LogP contribution in [-0.2, 0) is 9.59 Å². The van der Waals surface area contributed by atoms with Gasteiger partial charge in [-0.05, 0) is 47.0 Å². The quantitative estimate of drug-likeness (QED) is 0.224. The van der Waals surface area contributed by atoms with Crippen LogP contribution in [0.5, 0.6) is 0 Å². The van der Waals surface area contributed by atoms with E-state index in [1.54, 1.807) is 0 Å². The van der Waals surface area contributed by atoms with Gasteiger partial charge in [0.2, 0.25) is 0 Å². The third kappa shape index (κ3) is 11.1. The van der Waals surface area contributed by atoms with Crippen LogP contribution in [0, 0.1) is 5.41 Å². The van der Waals surface area contributed by atoms with Crippen molar-refractivity contribution in [2.24, 2.45) is 5.41 Å². The van der Waals surface area contributed by atoms with E-state index in [4.69, 9.17) is 0 Å². The minimum atomic E-state index is -0.418. The lowest BCUT2D eigenvalue weighted by Gasteiger charge is -2.47. The molecule has 2 rings (SSSR count). The summed E-state index contributed by atoms with van der Waals surface area (Å²) in [5.41, 5.74) is -0.684. The van der Waals surface area contributed by atoms with Crippen molar-refractivity contribution in [3.63, 3.8) is 0 Å². The van der Waals surface area contributed by atoms with Crippen molar-refractivity contribution in [3.8, 4) is 0 Å². The predicted molar refractivity (Wildman–Crippen MR) is 129 cm³/mol. The summed E-state index contributed by atoms with van der Waals surface area (Å²) in [4.78, 5) is 22.1. The Morgan fingerprint density at radius 3 is 1.52 bits per heavy atom. The van der Waals surface area contributed by atoms with E-state index in [0.717, 1.165) is 19.3 Å². The molecule has 0 atom stereocenters. The van der Waals surface area contributed by atoms with E-state index in [9.17, 15) is 14.8 Å². The second-order valence-corrected chi connectivity index (χ2v) is 11.4. The van der Waals surface area contributed by atoms with Crippen molar-refractivity contribution in [3.05, 3.63) is 0 Å². The van der Waals surface area contributed by atoms with Crippen LogP contribution in [0.1, 0.15) is 144 Å². The second kappa shape index (κ2) is 13.7. The van der Waals surface area contributed by atoms with E-state index < -0.39 is 11.1 Å². The molecule has 0 aromatic carbocycles. The molecule has 4 nitrogen and oxygen atoms in total. The van der Waals surface area contributed by atoms with Crippen LogP contribution < -0.4 is 0 Å². The summed E-state index contributed by atoms with van der Waals surface area (Å²) in [5.74, 6) is 0.232. The number of hydroxylamine groups is 2. The maximum absolute atomic E-state index is 11.3. The van der Waals surface area contributed by atoms with Gasteiger partial charge in [-0.25, -0.2) is 0 Å². The number of aldehydes is 1. The van der Waals surface area contributed by atoms with Crippen molar-refractivity contribution < 1.29 is 14.8 Å². The SMILES string of the molecule is CC1(C)CC(=O)CC(C)(C)N1O.CCCCCCCCCCCCCCC1(C=O)CC1. The number of piperidine rings is 1. The van der Waals surface area contributed by atoms with Gasteiger partial charge in [-0.2, -0.15) is 5.06 Å².